The number of nitrogens with zero attached hydrogens (tertiary/aromatic N) is 2. The number of H-pyrrole nitrogens is 1. The van der Waals surface area contributed by atoms with Gasteiger partial charge in [0.15, 0.2) is 11.6 Å². The van der Waals surface area contributed by atoms with Gasteiger partial charge in [-0.3, -0.25) is 9.36 Å². The summed E-state index contributed by atoms with van der Waals surface area (Å²) < 4.78 is 29.6. The molecule has 7 heteroatoms. The summed E-state index contributed by atoms with van der Waals surface area (Å²) in [5, 5.41) is 0. The van der Waals surface area contributed by atoms with Crippen molar-refractivity contribution >= 4 is 5.69 Å². The summed E-state index contributed by atoms with van der Waals surface area (Å²) in [4.78, 5) is 21.3. The van der Waals surface area contributed by atoms with Crippen LogP contribution in [0.25, 0.3) is 17.1 Å². The Morgan fingerprint density at radius 1 is 0.879 bits per heavy atom. The van der Waals surface area contributed by atoms with E-state index in [1.807, 2.05) is 30.3 Å². The zero-order valence-corrected chi connectivity index (χ0v) is 17.6. The molecular weight excluding hydrogens is 422 g/mol. The number of rotatable bonds is 5. The lowest BCUT2D eigenvalue weighted by atomic mass is 10.1. The molecule has 0 spiro atoms. The molecule has 0 saturated carbocycles. The fourth-order valence-electron chi connectivity index (χ4n) is 3.95. The summed E-state index contributed by atoms with van der Waals surface area (Å²) in [5.74, 6) is -0.535. The van der Waals surface area contributed by atoms with Crippen LogP contribution >= 0.6 is 0 Å². The van der Waals surface area contributed by atoms with E-state index in [0.717, 1.165) is 16.8 Å². The minimum Gasteiger partial charge on any atom is -0.396 e. The van der Waals surface area contributed by atoms with Crippen LogP contribution in [0, 0.1) is 11.6 Å². The SMILES string of the molecule is Nc1cccc(-c2c[nH]c(Cc3ccccc3)c3nc(Cc4ccc(F)cc4)c(=O)n2-3)c1F. The molecule has 0 aliphatic carbocycles. The van der Waals surface area contributed by atoms with Gasteiger partial charge in [-0.2, -0.15) is 0 Å². The van der Waals surface area contributed by atoms with Crippen molar-refractivity contribution < 1.29 is 8.78 Å². The van der Waals surface area contributed by atoms with Crippen LogP contribution in [0.4, 0.5) is 14.5 Å². The van der Waals surface area contributed by atoms with Gasteiger partial charge < -0.3 is 10.7 Å². The molecule has 2 heterocycles. The minimum absolute atomic E-state index is 0.00638. The average molecular weight is 442 g/mol. The summed E-state index contributed by atoms with van der Waals surface area (Å²) in [6, 6.07) is 20.4. The second-order valence-corrected chi connectivity index (χ2v) is 7.85. The van der Waals surface area contributed by atoms with Crippen molar-refractivity contribution in [3.05, 3.63) is 123 Å². The number of anilines is 1. The van der Waals surface area contributed by atoms with Crippen LogP contribution < -0.4 is 11.3 Å². The first-order valence-corrected chi connectivity index (χ1v) is 10.5. The highest BCUT2D eigenvalue weighted by molar-refractivity contribution is 5.67. The summed E-state index contributed by atoms with van der Waals surface area (Å²) in [7, 11) is 0. The van der Waals surface area contributed by atoms with Gasteiger partial charge in [-0.15, -0.1) is 0 Å². The van der Waals surface area contributed by atoms with Crippen LogP contribution in [0.2, 0.25) is 0 Å². The summed E-state index contributed by atoms with van der Waals surface area (Å²) in [6.45, 7) is 0. The molecule has 2 aliphatic rings. The monoisotopic (exact) mass is 442 g/mol. The van der Waals surface area contributed by atoms with Gasteiger partial charge in [0, 0.05) is 24.6 Å². The molecule has 3 aromatic carbocycles. The van der Waals surface area contributed by atoms with Gasteiger partial charge in [-0.1, -0.05) is 48.5 Å². The Labute approximate surface area is 188 Å². The molecule has 0 bridgehead atoms. The lowest BCUT2D eigenvalue weighted by Crippen LogP contribution is -2.20. The number of hydrogen-bond donors (Lipinski definition) is 2. The Hall–Kier alpha value is -4.26. The van der Waals surface area contributed by atoms with Crippen molar-refractivity contribution in [3.63, 3.8) is 0 Å². The van der Waals surface area contributed by atoms with Gasteiger partial charge in [0.2, 0.25) is 0 Å². The van der Waals surface area contributed by atoms with E-state index in [4.69, 9.17) is 5.73 Å². The Morgan fingerprint density at radius 3 is 2.36 bits per heavy atom. The highest BCUT2D eigenvalue weighted by atomic mass is 19.1. The van der Waals surface area contributed by atoms with Gasteiger partial charge >= 0.3 is 0 Å². The largest absolute Gasteiger partial charge is 0.396 e. The Morgan fingerprint density at radius 2 is 1.61 bits per heavy atom. The lowest BCUT2D eigenvalue weighted by molar-refractivity contribution is 0.627. The van der Waals surface area contributed by atoms with Crippen molar-refractivity contribution in [1.82, 2.24) is 14.5 Å². The number of benzene rings is 3. The lowest BCUT2D eigenvalue weighted by Gasteiger charge is -2.15. The van der Waals surface area contributed by atoms with Crippen molar-refractivity contribution in [3.8, 4) is 17.1 Å². The number of imidazole rings is 1. The molecule has 164 valence electrons. The quantitative estimate of drug-likeness (QED) is 0.387. The van der Waals surface area contributed by atoms with Gasteiger partial charge in [-0.25, -0.2) is 13.8 Å². The highest BCUT2D eigenvalue weighted by Crippen LogP contribution is 2.29. The summed E-state index contributed by atoms with van der Waals surface area (Å²) in [6.07, 6.45) is 2.34. The predicted molar refractivity (Wildman–Crippen MR) is 124 cm³/mol. The van der Waals surface area contributed by atoms with Crippen molar-refractivity contribution in [2.24, 2.45) is 0 Å². The Bertz CT molecular complexity index is 1460. The zero-order valence-electron chi connectivity index (χ0n) is 17.6. The Kier molecular flexibility index (Phi) is 5.22. The molecule has 0 unspecified atom stereocenters. The number of aromatic amines is 1. The Balaban J connectivity index is 1.69. The minimum atomic E-state index is -0.601. The highest BCUT2D eigenvalue weighted by Gasteiger charge is 2.24. The fraction of sp³-hybridized carbons (Fsp3) is 0.0769. The first kappa shape index (κ1) is 20.6. The number of fused-ring (bicyclic) bond motifs is 1. The van der Waals surface area contributed by atoms with Crippen molar-refractivity contribution in [2.45, 2.75) is 12.8 Å². The van der Waals surface area contributed by atoms with E-state index in [2.05, 4.69) is 9.97 Å². The second-order valence-electron chi connectivity index (χ2n) is 7.85. The number of halogens is 2. The molecule has 33 heavy (non-hydrogen) atoms. The van der Waals surface area contributed by atoms with Crippen LogP contribution in [0.5, 0.6) is 0 Å². The van der Waals surface area contributed by atoms with Gasteiger partial charge in [0.25, 0.3) is 5.56 Å². The average Bonchev–Trinajstić information content (AvgIpc) is 3.15. The van der Waals surface area contributed by atoms with E-state index in [-0.39, 0.29) is 29.0 Å². The molecule has 0 fully saturated rings. The van der Waals surface area contributed by atoms with Gasteiger partial charge in [-0.05, 0) is 35.4 Å². The van der Waals surface area contributed by atoms with E-state index in [0.29, 0.717) is 23.6 Å². The standard InChI is InChI=1S/C26H20F2N4O/c27-18-11-9-17(10-12-18)14-22-26(33)32-23(19-7-4-8-20(29)24(19)28)15-30-21(25(32)31-22)13-16-5-2-1-3-6-16/h1-12,15,30H,13-14,29H2. The fourth-order valence-corrected chi connectivity index (χ4v) is 3.95. The number of nitrogens with two attached hydrogens (primary N) is 1. The van der Waals surface area contributed by atoms with Crippen molar-refractivity contribution in [2.75, 3.05) is 5.73 Å². The van der Waals surface area contributed by atoms with E-state index in [1.54, 1.807) is 30.5 Å². The summed E-state index contributed by atoms with van der Waals surface area (Å²) >= 11 is 0. The second kappa shape index (κ2) is 8.35. The molecule has 3 aromatic rings. The molecular formula is C26H20F2N4O. The number of nitrogens with one attached hydrogen (secondary N) is 1. The third-order valence-electron chi connectivity index (χ3n) is 5.61. The maximum atomic E-state index is 14.9. The number of aromatic nitrogens is 3. The molecule has 0 amide bonds. The first-order chi connectivity index (χ1) is 16.0. The molecule has 5 nitrogen and oxygen atoms in total. The van der Waals surface area contributed by atoms with Gasteiger partial charge in [0.05, 0.1) is 17.1 Å². The van der Waals surface area contributed by atoms with Crippen LogP contribution in [-0.2, 0) is 12.8 Å². The zero-order chi connectivity index (χ0) is 22.9. The first-order valence-electron chi connectivity index (χ1n) is 10.5. The maximum Gasteiger partial charge on any atom is 0.278 e. The molecule has 2 aliphatic heterocycles. The van der Waals surface area contributed by atoms with E-state index >= 15 is 0 Å². The third kappa shape index (κ3) is 3.89. The van der Waals surface area contributed by atoms with Crippen LogP contribution in [0.1, 0.15) is 22.5 Å². The number of hydrogen-bond acceptors (Lipinski definition) is 3. The smallest absolute Gasteiger partial charge is 0.278 e. The molecule has 0 aromatic heterocycles. The van der Waals surface area contributed by atoms with Crippen LogP contribution in [-0.4, -0.2) is 14.5 Å². The third-order valence-corrected chi connectivity index (χ3v) is 5.61. The topological polar surface area (TPSA) is 76.7 Å². The molecule has 5 rings (SSSR count). The molecule has 0 saturated heterocycles. The van der Waals surface area contributed by atoms with E-state index in [9.17, 15) is 13.6 Å². The molecule has 0 atom stereocenters. The van der Waals surface area contributed by atoms with Crippen molar-refractivity contribution in [1.29, 1.82) is 0 Å². The maximum absolute atomic E-state index is 14.9. The van der Waals surface area contributed by atoms with E-state index in [1.165, 1.54) is 22.8 Å². The van der Waals surface area contributed by atoms with Gasteiger partial charge in [0.1, 0.15) is 11.5 Å². The predicted octanol–water partition coefficient (Wildman–Crippen LogP) is 4.71. The van der Waals surface area contributed by atoms with Crippen LogP contribution in [0.3, 0.4) is 0 Å². The van der Waals surface area contributed by atoms with Crippen LogP contribution in [0.15, 0.2) is 83.8 Å². The number of nitrogen functional groups attached to an aromatic ring is 1. The summed E-state index contributed by atoms with van der Waals surface area (Å²) in [5.41, 5.74) is 8.74. The normalized spacial score (nSPS) is 11.2. The molecule has 0 radical (unpaired) electrons. The van der Waals surface area contributed by atoms with E-state index < -0.39 is 5.82 Å². The molecule has 3 N–H and O–H groups in total.